The maximum atomic E-state index is 12.9. The van der Waals surface area contributed by atoms with Gasteiger partial charge >= 0.3 is 25.7 Å². The fraction of sp³-hybridized carbons (Fsp3) is 0.741. The lowest BCUT2D eigenvalue weighted by Gasteiger charge is -2.21. The number of esters is 3. The van der Waals surface area contributed by atoms with Crippen molar-refractivity contribution < 1.29 is 52.2 Å². The summed E-state index contributed by atoms with van der Waals surface area (Å²) < 4.78 is 39.4. The zero-order valence-corrected chi connectivity index (χ0v) is 45.4. The average molecular weight is 1010 g/mol. The van der Waals surface area contributed by atoms with Gasteiger partial charge in [-0.3, -0.25) is 23.4 Å². The van der Waals surface area contributed by atoms with Crippen LogP contribution >= 0.6 is 7.82 Å². The zero-order valence-electron chi connectivity index (χ0n) is 44.5. The van der Waals surface area contributed by atoms with Crippen molar-refractivity contribution in [1.82, 2.24) is 0 Å². The van der Waals surface area contributed by atoms with Gasteiger partial charge in [-0.05, 0) is 83.5 Å². The van der Waals surface area contributed by atoms with Gasteiger partial charge in [0.1, 0.15) is 12.7 Å². The van der Waals surface area contributed by atoms with E-state index >= 15 is 0 Å². The van der Waals surface area contributed by atoms with Crippen molar-refractivity contribution in [3.05, 3.63) is 72.9 Å². The van der Waals surface area contributed by atoms with Crippen LogP contribution in [0.15, 0.2) is 72.9 Å². The highest BCUT2D eigenvalue weighted by Gasteiger charge is 2.28. The fourth-order valence-corrected chi connectivity index (χ4v) is 8.23. The van der Waals surface area contributed by atoms with Crippen LogP contribution in [0.1, 0.15) is 239 Å². The lowest BCUT2D eigenvalue weighted by molar-refractivity contribution is -0.161. The number of phosphoric acid groups is 1. The van der Waals surface area contributed by atoms with Gasteiger partial charge in [0.05, 0.1) is 19.8 Å². The van der Waals surface area contributed by atoms with Gasteiger partial charge in [0.2, 0.25) is 0 Å². The lowest BCUT2D eigenvalue weighted by Crippen LogP contribution is -2.30. The van der Waals surface area contributed by atoms with E-state index in [1.807, 2.05) is 0 Å². The summed E-state index contributed by atoms with van der Waals surface area (Å²) in [5.41, 5.74) is 0. The summed E-state index contributed by atoms with van der Waals surface area (Å²) in [5.74, 6) is -1.51. The van der Waals surface area contributed by atoms with Gasteiger partial charge in [0, 0.05) is 19.3 Å². The standard InChI is InChI=1S/C58H101O11P/c1-4-7-10-13-16-19-22-25-27-30-32-35-38-41-44-47-56(60)65-51-55(69-58(62)49-46-43-40-37-34-31-28-26-23-20-17-14-11-8-5-2)53-67-70(63,64)66-52-54(50-59)68-57(61)48-45-42-39-36-33-29-24-21-18-15-12-9-6-3/h8-9,11-12,17-18,20-21,26,28-29,33,54-55,59H,4-7,10,13-16,19,22-25,27,30-32,34-53H2,1-3H3,(H,63,64)/b11-8-,12-9-,20-17-,21-18-,28-26-,33-29-. The fourth-order valence-electron chi connectivity index (χ4n) is 7.44. The van der Waals surface area contributed by atoms with Crippen LogP contribution in [0.4, 0.5) is 0 Å². The second-order valence-electron chi connectivity index (χ2n) is 18.3. The SMILES string of the molecule is CC/C=C\C/C=C\C/C=C\CCCCCCCC(=O)OC(COC(=O)CCCCCCCCCCCCCCCCC)COP(=O)(O)OCC(CO)OC(=O)CCCCC/C=C\C/C=C\C/C=C\CC. The highest BCUT2D eigenvalue weighted by Crippen LogP contribution is 2.43. The monoisotopic (exact) mass is 1000 g/mol. The van der Waals surface area contributed by atoms with Gasteiger partial charge < -0.3 is 24.2 Å². The number of rotatable bonds is 51. The molecule has 0 spiro atoms. The Morgan fingerprint density at radius 2 is 0.743 bits per heavy atom. The third-order valence-electron chi connectivity index (χ3n) is 11.6. The molecule has 0 aliphatic carbocycles. The Labute approximate surface area is 427 Å². The molecule has 0 radical (unpaired) electrons. The molecule has 0 aromatic rings. The molecule has 404 valence electrons. The second-order valence-corrected chi connectivity index (χ2v) is 19.8. The highest BCUT2D eigenvalue weighted by atomic mass is 31.2. The van der Waals surface area contributed by atoms with Crippen LogP contribution in [0.2, 0.25) is 0 Å². The van der Waals surface area contributed by atoms with Crippen molar-refractivity contribution in [1.29, 1.82) is 0 Å². The number of unbranched alkanes of at least 4 members (excludes halogenated alkanes) is 22. The third kappa shape index (κ3) is 49.9. The summed E-state index contributed by atoms with van der Waals surface area (Å²) in [4.78, 5) is 48.4. The quantitative estimate of drug-likeness (QED) is 0.0197. The molecule has 0 aromatic heterocycles. The average Bonchev–Trinajstić information content (AvgIpc) is 3.35. The van der Waals surface area contributed by atoms with Gasteiger partial charge in [0.15, 0.2) is 6.10 Å². The highest BCUT2D eigenvalue weighted by molar-refractivity contribution is 7.47. The summed E-state index contributed by atoms with van der Waals surface area (Å²) in [6, 6.07) is 0. The van der Waals surface area contributed by atoms with Gasteiger partial charge in [-0.25, -0.2) is 4.57 Å². The van der Waals surface area contributed by atoms with E-state index in [0.717, 1.165) is 109 Å². The molecule has 3 unspecified atom stereocenters. The number of allylic oxidation sites excluding steroid dienone is 12. The molecule has 11 nitrogen and oxygen atoms in total. The van der Waals surface area contributed by atoms with Gasteiger partial charge in [0.25, 0.3) is 0 Å². The molecule has 2 N–H and O–H groups in total. The third-order valence-corrected chi connectivity index (χ3v) is 12.6. The summed E-state index contributed by atoms with van der Waals surface area (Å²) in [6.07, 6.45) is 57.2. The molecule has 0 bridgehead atoms. The molecule has 0 saturated heterocycles. The molecule has 0 fully saturated rings. The van der Waals surface area contributed by atoms with Crippen LogP contribution in [-0.2, 0) is 42.2 Å². The number of ether oxygens (including phenoxy) is 3. The van der Waals surface area contributed by atoms with E-state index in [2.05, 4.69) is 93.7 Å². The van der Waals surface area contributed by atoms with E-state index in [9.17, 15) is 28.9 Å². The maximum Gasteiger partial charge on any atom is 0.472 e. The topological polar surface area (TPSA) is 155 Å². The smallest absolute Gasteiger partial charge is 0.462 e. The van der Waals surface area contributed by atoms with Crippen LogP contribution in [-0.4, -0.2) is 66.5 Å². The van der Waals surface area contributed by atoms with E-state index < -0.39 is 57.8 Å². The van der Waals surface area contributed by atoms with Gasteiger partial charge in [-0.1, -0.05) is 209 Å². The Hall–Kier alpha value is -3.08. The van der Waals surface area contributed by atoms with Crippen LogP contribution in [0, 0.1) is 0 Å². The first-order valence-electron chi connectivity index (χ1n) is 27.8. The maximum absolute atomic E-state index is 12.9. The second kappa shape index (κ2) is 52.2. The molecule has 0 saturated carbocycles. The number of hydrogen-bond donors (Lipinski definition) is 2. The Morgan fingerprint density at radius 1 is 0.414 bits per heavy atom. The Bertz CT molecular complexity index is 1450. The van der Waals surface area contributed by atoms with Crippen LogP contribution in [0.25, 0.3) is 0 Å². The van der Waals surface area contributed by atoms with Crippen LogP contribution < -0.4 is 0 Å². The van der Waals surface area contributed by atoms with E-state index in [-0.39, 0.29) is 25.9 Å². The number of hydrogen-bond acceptors (Lipinski definition) is 10. The molecule has 0 aliphatic heterocycles. The Kier molecular flexibility index (Phi) is 50.0. The minimum absolute atomic E-state index is 0.139. The number of carbonyl (C=O) groups excluding carboxylic acids is 3. The van der Waals surface area contributed by atoms with Gasteiger partial charge in [-0.15, -0.1) is 0 Å². The first-order chi connectivity index (χ1) is 34.2. The summed E-state index contributed by atoms with van der Waals surface area (Å²) in [6.45, 7) is 4.37. The summed E-state index contributed by atoms with van der Waals surface area (Å²) in [5, 5.41) is 9.79. The van der Waals surface area contributed by atoms with E-state index in [0.29, 0.717) is 19.3 Å². The first kappa shape index (κ1) is 66.9. The van der Waals surface area contributed by atoms with Crippen LogP contribution in [0.5, 0.6) is 0 Å². The van der Waals surface area contributed by atoms with Crippen LogP contribution in [0.3, 0.4) is 0 Å². The molecule has 0 aliphatic rings. The molecule has 0 heterocycles. The molecule has 70 heavy (non-hydrogen) atoms. The predicted molar refractivity (Wildman–Crippen MR) is 288 cm³/mol. The predicted octanol–water partition coefficient (Wildman–Crippen LogP) is 16.1. The molecule has 12 heteroatoms. The van der Waals surface area contributed by atoms with Gasteiger partial charge in [-0.2, -0.15) is 0 Å². The minimum atomic E-state index is -4.76. The molecular formula is C58H101O11P. The first-order valence-corrected chi connectivity index (χ1v) is 29.3. The number of aliphatic hydroxyl groups excluding tert-OH is 1. The summed E-state index contributed by atoms with van der Waals surface area (Å²) >= 11 is 0. The van der Waals surface area contributed by atoms with E-state index in [4.69, 9.17) is 23.3 Å². The lowest BCUT2D eigenvalue weighted by atomic mass is 10.0. The molecule has 3 atom stereocenters. The van der Waals surface area contributed by atoms with Crippen molar-refractivity contribution in [2.45, 2.75) is 251 Å². The Balaban J connectivity index is 4.77. The van der Waals surface area contributed by atoms with Crippen molar-refractivity contribution in [3.63, 3.8) is 0 Å². The largest absolute Gasteiger partial charge is 0.472 e. The van der Waals surface area contributed by atoms with E-state index in [1.165, 1.54) is 70.6 Å². The molecular weight excluding hydrogens is 904 g/mol. The van der Waals surface area contributed by atoms with Crippen molar-refractivity contribution in [3.8, 4) is 0 Å². The normalized spacial score (nSPS) is 14.0. The Morgan fingerprint density at radius 3 is 1.16 bits per heavy atom. The number of phosphoric ester groups is 1. The zero-order chi connectivity index (χ0) is 51.3. The van der Waals surface area contributed by atoms with Crippen molar-refractivity contribution >= 4 is 25.7 Å². The molecule has 0 aromatic carbocycles. The summed E-state index contributed by atoms with van der Waals surface area (Å²) in [7, 11) is -4.76. The van der Waals surface area contributed by atoms with Crippen molar-refractivity contribution in [2.24, 2.45) is 0 Å². The number of carbonyl (C=O) groups is 3. The number of aliphatic hydroxyl groups is 1. The molecule has 0 rings (SSSR count). The minimum Gasteiger partial charge on any atom is -0.462 e. The van der Waals surface area contributed by atoms with Crippen molar-refractivity contribution in [2.75, 3.05) is 26.4 Å². The van der Waals surface area contributed by atoms with E-state index in [1.54, 1.807) is 0 Å². The molecule has 0 amide bonds.